The Kier molecular flexibility index (Phi) is 9.49. The minimum Gasteiger partial charge on any atom is -0.459 e. The number of unbranched alkanes of at least 4 members (excludes halogenated alkanes) is 3. The number of hydrogen-bond donors (Lipinski definition) is 0. The molecule has 0 aliphatic rings. The SMILES string of the molecule is C=CC(=O)OCC(CCCCCC)OC(=O)C(=C)C. The average Bonchev–Trinajstić information content (AvgIpc) is 2.39. The molecule has 0 bridgehead atoms. The van der Waals surface area contributed by atoms with E-state index >= 15 is 0 Å². The van der Waals surface area contributed by atoms with Gasteiger partial charge in [0.25, 0.3) is 0 Å². The van der Waals surface area contributed by atoms with E-state index in [1.807, 2.05) is 0 Å². The van der Waals surface area contributed by atoms with Crippen LogP contribution in [0.3, 0.4) is 0 Å². The maximum absolute atomic E-state index is 11.5. The van der Waals surface area contributed by atoms with Gasteiger partial charge in [0.2, 0.25) is 0 Å². The lowest BCUT2D eigenvalue weighted by molar-refractivity contribution is -0.153. The second kappa shape index (κ2) is 10.4. The van der Waals surface area contributed by atoms with Gasteiger partial charge in [-0.2, -0.15) is 0 Å². The molecule has 0 spiro atoms. The van der Waals surface area contributed by atoms with Gasteiger partial charge < -0.3 is 9.47 Å². The highest BCUT2D eigenvalue weighted by Gasteiger charge is 2.16. The lowest BCUT2D eigenvalue weighted by Crippen LogP contribution is -2.25. The number of esters is 2. The van der Waals surface area contributed by atoms with E-state index in [-0.39, 0.29) is 6.61 Å². The van der Waals surface area contributed by atoms with Crippen molar-refractivity contribution in [3.63, 3.8) is 0 Å². The number of rotatable bonds is 10. The molecule has 0 aliphatic heterocycles. The van der Waals surface area contributed by atoms with Gasteiger partial charge in [0.05, 0.1) is 0 Å². The van der Waals surface area contributed by atoms with Crippen LogP contribution in [0.1, 0.15) is 46.0 Å². The predicted octanol–water partition coefficient (Wildman–Crippen LogP) is 3.17. The van der Waals surface area contributed by atoms with E-state index in [1.54, 1.807) is 6.92 Å². The second-order valence-corrected chi connectivity index (χ2v) is 4.49. The molecule has 0 aromatic heterocycles. The van der Waals surface area contributed by atoms with E-state index in [2.05, 4.69) is 20.1 Å². The highest BCUT2D eigenvalue weighted by molar-refractivity contribution is 5.87. The molecule has 0 heterocycles. The van der Waals surface area contributed by atoms with Crippen molar-refractivity contribution in [2.75, 3.05) is 6.61 Å². The van der Waals surface area contributed by atoms with Crippen molar-refractivity contribution in [1.29, 1.82) is 0 Å². The first-order valence-electron chi connectivity index (χ1n) is 6.66. The molecule has 0 aromatic rings. The molecule has 0 saturated heterocycles. The van der Waals surface area contributed by atoms with Gasteiger partial charge in [0.15, 0.2) is 0 Å². The zero-order valence-corrected chi connectivity index (χ0v) is 11.9. The molecule has 108 valence electrons. The molecule has 0 N–H and O–H groups in total. The summed E-state index contributed by atoms with van der Waals surface area (Å²) in [6.45, 7) is 10.6. The molecular formula is C15H24O4. The summed E-state index contributed by atoms with van der Waals surface area (Å²) in [5.74, 6) is -0.958. The maximum Gasteiger partial charge on any atom is 0.333 e. The third-order valence-electron chi connectivity index (χ3n) is 2.58. The third-order valence-corrected chi connectivity index (χ3v) is 2.58. The van der Waals surface area contributed by atoms with Crippen LogP contribution in [0.25, 0.3) is 0 Å². The van der Waals surface area contributed by atoms with Crippen molar-refractivity contribution in [1.82, 2.24) is 0 Å². The molecule has 0 amide bonds. The van der Waals surface area contributed by atoms with Crippen LogP contribution in [-0.2, 0) is 19.1 Å². The van der Waals surface area contributed by atoms with E-state index in [4.69, 9.17) is 9.47 Å². The fourth-order valence-electron chi connectivity index (χ4n) is 1.46. The van der Waals surface area contributed by atoms with E-state index in [9.17, 15) is 9.59 Å². The molecular weight excluding hydrogens is 244 g/mol. The van der Waals surface area contributed by atoms with Gasteiger partial charge in [-0.05, 0) is 19.8 Å². The molecule has 0 radical (unpaired) electrons. The Hall–Kier alpha value is -1.58. The smallest absolute Gasteiger partial charge is 0.333 e. The monoisotopic (exact) mass is 268 g/mol. The predicted molar refractivity (Wildman–Crippen MR) is 74.6 cm³/mol. The summed E-state index contributed by atoms with van der Waals surface area (Å²) in [5, 5.41) is 0. The van der Waals surface area contributed by atoms with E-state index in [0.717, 1.165) is 31.8 Å². The van der Waals surface area contributed by atoms with Gasteiger partial charge in [0, 0.05) is 11.6 Å². The Bertz CT molecular complexity index is 320. The molecule has 4 heteroatoms. The number of hydrogen-bond acceptors (Lipinski definition) is 4. The Morgan fingerprint density at radius 3 is 2.47 bits per heavy atom. The van der Waals surface area contributed by atoms with E-state index in [1.165, 1.54) is 0 Å². The Balaban J connectivity index is 4.20. The molecule has 19 heavy (non-hydrogen) atoms. The fraction of sp³-hybridized carbons (Fsp3) is 0.600. The zero-order chi connectivity index (χ0) is 14.7. The zero-order valence-electron chi connectivity index (χ0n) is 11.9. The first-order valence-corrected chi connectivity index (χ1v) is 6.66. The second-order valence-electron chi connectivity index (χ2n) is 4.49. The number of carbonyl (C=O) groups excluding carboxylic acids is 2. The van der Waals surface area contributed by atoms with Gasteiger partial charge in [-0.25, -0.2) is 9.59 Å². The number of ether oxygens (including phenoxy) is 2. The van der Waals surface area contributed by atoms with Gasteiger partial charge in [0.1, 0.15) is 12.7 Å². The topological polar surface area (TPSA) is 52.6 Å². The van der Waals surface area contributed by atoms with Crippen molar-refractivity contribution in [2.45, 2.75) is 52.1 Å². The molecule has 0 rings (SSSR count). The van der Waals surface area contributed by atoms with Crippen LogP contribution in [-0.4, -0.2) is 24.6 Å². The van der Waals surface area contributed by atoms with E-state index < -0.39 is 18.0 Å². The van der Waals surface area contributed by atoms with Gasteiger partial charge in [-0.3, -0.25) is 0 Å². The molecule has 1 unspecified atom stereocenters. The maximum atomic E-state index is 11.5. The van der Waals surface area contributed by atoms with Gasteiger partial charge in [-0.1, -0.05) is 39.3 Å². The Labute approximate surface area is 115 Å². The highest BCUT2D eigenvalue weighted by Crippen LogP contribution is 2.11. The van der Waals surface area contributed by atoms with Crippen LogP contribution >= 0.6 is 0 Å². The summed E-state index contributed by atoms with van der Waals surface area (Å²) in [4.78, 5) is 22.5. The summed E-state index contributed by atoms with van der Waals surface area (Å²) in [5.41, 5.74) is 0.341. The first-order chi connectivity index (χ1) is 9.01. The van der Waals surface area contributed by atoms with Crippen molar-refractivity contribution < 1.29 is 19.1 Å². The normalized spacial score (nSPS) is 11.5. The Morgan fingerprint density at radius 1 is 1.26 bits per heavy atom. The molecule has 0 fully saturated rings. The van der Waals surface area contributed by atoms with Crippen molar-refractivity contribution in [3.8, 4) is 0 Å². The first kappa shape index (κ1) is 17.4. The molecule has 0 aromatic carbocycles. The van der Waals surface area contributed by atoms with Crippen LogP contribution in [0.4, 0.5) is 0 Å². The van der Waals surface area contributed by atoms with Crippen LogP contribution in [0, 0.1) is 0 Å². The Morgan fingerprint density at radius 2 is 1.95 bits per heavy atom. The minimum atomic E-state index is -0.509. The average molecular weight is 268 g/mol. The molecule has 0 saturated carbocycles. The van der Waals surface area contributed by atoms with Crippen LogP contribution < -0.4 is 0 Å². The highest BCUT2D eigenvalue weighted by atomic mass is 16.6. The van der Waals surface area contributed by atoms with Crippen LogP contribution in [0.15, 0.2) is 24.8 Å². The van der Waals surface area contributed by atoms with E-state index in [0.29, 0.717) is 12.0 Å². The molecule has 4 nitrogen and oxygen atoms in total. The quantitative estimate of drug-likeness (QED) is 0.347. The van der Waals surface area contributed by atoms with Crippen molar-refractivity contribution in [3.05, 3.63) is 24.8 Å². The summed E-state index contributed by atoms with van der Waals surface area (Å²) in [6, 6.07) is 0. The summed E-state index contributed by atoms with van der Waals surface area (Å²) in [7, 11) is 0. The minimum absolute atomic E-state index is 0.0655. The van der Waals surface area contributed by atoms with Crippen LogP contribution in [0.2, 0.25) is 0 Å². The third kappa shape index (κ3) is 9.05. The van der Waals surface area contributed by atoms with Crippen molar-refractivity contribution >= 4 is 11.9 Å². The summed E-state index contributed by atoms with van der Waals surface area (Å²) < 4.78 is 10.2. The lowest BCUT2D eigenvalue weighted by atomic mass is 10.1. The largest absolute Gasteiger partial charge is 0.459 e. The van der Waals surface area contributed by atoms with Crippen molar-refractivity contribution in [2.24, 2.45) is 0 Å². The van der Waals surface area contributed by atoms with Crippen LogP contribution in [0.5, 0.6) is 0 Å². The fourth-order valence-corrected chi connectivity index (χ4v) is 1.46. The van der Waals surface area contributed by atoms with Gasteiger partial charge >= 0.3 is 11.9 Å². The molecule has 1 atom stereocenters. The summed E-state index contributed by atoms with van der Waals surface area (Å²) >= 11 is 0. The molecule has 0 aliphatic carbocycles. The standard InChI is InChI=1S/C15H24O4/c1-5-7-8-9-10-13(11-18-14(16)6-2)19-15(17)12(3)4/h6,13H,2-3,5,7-11H2,1,4H3. The van der Waals surface area contributed by atoms with Gasteiger partial charge in [-0.15, -0.1) is 0 Å². The lowest BCUT2D eigenvalue weighted by Gasteiger charge is -2.17. The number of carbonyl (C=O) groups is 2. The summed E-state index contributed by atoms with van der Waals surface area (Å²) in [6.07, 6.45) is 5.67.